The molecule has 5 heteroatoms. The molecule has 108 valence electrons. The van der Waals surface area contributed by atoms with E-state index in [1.54, 1.807) is 11.3 Å². The van der Waals surface area contributed by atoms with Gasteiger partial charge < -0.3 is 9.47 Å². The van der Waals surface area contributed by atoms with E-state index in [0.29, 0.717) is 26.1 Å². The molecule has 1 aromatic heterocycles. The smallest absolute Gasteiger partial charge is 0.306 e. The minimum Gasteiger partial charge on any atom is -0.463 e. The number of hydrogen-bond acceptors (Lipinski definition) is 5. The Hall–Kier alpha value is -1.46. The van der Waals surface area contributed by atoms with Crippen molar-refractivity contribution in [2.45, 2.75) is 32.8 Å². The number of aromatic nitrogens is 1. The fraction of sp³-hybridized carbons (Fsp3) is 0.467. The molecule has 0 spiro atoms. The Balaban J connectivity index is 1.73. The molecule has 0 saturated carbocycles. The van der Waals surface area contributed by atoms with Gasteiger partial charge in [-0.2, -0.15) is 0 Å². The van der Waals surface area contributed by atoms with E-state index in [2.05, 4.69) is 4.98 Å². The average Bonchev–Trinajstić information content (AvgIpc) is 2.84. The zero-order chi connectivity index (χ0) is 14.4. The molecule has 1 aromatic carbocycles. The normalized spacial score (nSPS) is 11.2. The van der Waals surface area contributed by atoms with Crippen molar-refractivity contribution in [1.82, 2.24) is 4.98 Å². The van der Waals surface area contributed by atoms with Gasteiger partial charge in [-0.25, -0.2) is 4.98 Å². The van der Waals surface area contributed by atoms with Crippen molar-refractivity contribution in [2.24, 2.45) is 0 Å². The lowest BCUT2D eigenvalue weighted by molar-refractivity contribution is -0.145. The van der Waals surface area contributed by atoms with Gasteiger partial charge in [0.25, 0.3) is 0 Å². The van der Waals surface area contributed by atoms with Crippen LogP contribution in [0.3, 0.4) is 0 Å². The van der Waals surface area contributed by atoms with Gasteiger partial charge in [-0.15, -0.1) is 11.3 Å². The van der Waals surface area contributed by atoms with Gasteiger partial charge in [0, 0.05) is 6.42 Å². The number of nitrogens with zero attached hydrogens (tertiary/aromatic N) is 1. The maximum atomic E-state index is 11.6. The van der Waals surface area contributed by atoms with Gasteiger partial charge in [-0.05, 0) is 26.0 Å². The highest BCUT2D eigenvalue weighted by atomic mass is 32.1. The van der Waals surface area contributed by atoms with Crippen LogP contribution in [0, 0.1) is 0 Å². The first-order chi connectivity index (χ1) is 9.65. The second kappa shape index (κ2) is 7.36. The van der Waals surface area contributed by atoms with Crippen LogP contribution in [0.2, 0.25) is 0 Å². The van der Waals surface area contributed by atoms with E-state index in [1.807, 2.05) is 38.1 Å². The third-order valence-corrected chi connectivity index (χ3v) is 3.77. The molecule has 2 rings (SSSR count). The largest absolute Gasteiger partial charge is 0.463 e. The summed E-state index contributed by atoms with van der Waals surface area (Å²) < 4.78 is 11.6. The van der Waals surface area contributed by atoms with E-state index in [9.17, 15) is 4.79 Å². The lowest BCUT2D eigenvalue weighted by Gasteiger charge is -2.07. The molecule has 0 atom stereocenters. The van der Waals surface area contributed by atoms with Crippen LogP contribution in [0.5, 0.6) is 0 Å². The van der Waals surface area contributed by atoms with E-state index in [-0.39, 0.29) is 12.1 Å². The zero-order valence-electron chi connectivity index (χ0n) is 11.8. The van der Waals surface area contributed by atoms with Gasteiger partial charge in [-0.1, -0.05) is 12.1 Å². The molecule has 0 saturated heterocycles. The molecule has 0 bridgehead atoms. The first kappa shape index (κ1) is 14.9. The van der Waals surface area contributed by atoms with Crippen LogP contribution in [0.25, 0.3) is 10.2 Å². The van der Waals surface area contributed by atoms with Crippen molar-refractivity contribution in [2.75, 3.05) is 13.2 Å². The third kappa shape index (κ3) is 4.58. The van der Waals surface area contributed by atoms with Crippen molar-refractivity contribution in [3.05, 3.63) is 29.3 Å². The monoisotopic (exact) mass is 293 g/mol. The van der Waals surface area contributed by atoms with E-state index in [4.69, 9.17) is 9.47 Å². The van der Waals surface area contributed by atoms with Crippen molar-refractivity contribution >= 4 is 27.5 Å². The standard InChI is InChI=1S/C15H19NO3S/c1-11(2)18-9-10-19-15(17)8-7-14-16-12-5-3-4-6-13(12)20-14/h3-6,11H,7-10H2,1-2H3. The number of aryl methyl sites for hydroxylation is 1. The molecule has 0 N–H and O–H groups in total. The summed E-state index contributed by atoms with van der Waals surface area (Å²) >= 11 is 1.63. The lowest BCUT2D eigenvalue weighted by atomic mass is 10.3. The average molecular weight is 293 g/mol. The molecular weight excluding hydrogens is 274 g/mol. The van der Waals surface area contributed by atoms with Gasteiger partial charge in [0.2, 0.25) is 0 Å². The molecule has 4 nitrogen and oxygen atoms in total. The molecule has 0 aliphatic heterocycles. The third-order valence-electron chi connectivity index (χ3n) is 2.68. The fourth-order valence-corrected chi connectivity index (χ4v) is 2.71. The number of rotatable bonds is 7. The van der Waals surface area contributed by atoms with Crippen LogP contribution in [0.4, 0.5) is 0 Å². The van der Waals surface area contributed by atoms with Crippen molar-refractivity contribution < 1.29 is 14.3 Å². The second-order valence-corrected chi connectivity index (χ2v) is 5.83. The first-order valence-electron chi connectivity index (χ1n) is 6.77. The molecule has 0 radical (unpaired) electrons. The molecule has 1 heterocycles. The van der Waals surface area contributed by atoms with Crippen molar-refractivity contribution in [1.29, 1.82) is 0 Å². The van der Waals surface area contributed by atoms with Gasteiger partial charge >= 0.3 is 5.97 Å². The van der Waals surface area contributed by atoms with E-state index < -0.39 is 0 Å². The van der Waals surface area contributed by atoms with Gasteiger partial charge in [0.15, 0.2) is 0 Å². The van der Waals surface area contributed by atoms with Crippen LogP contribution in [-0.2, 0) is 20.7 Å². The highest BCUT2D eigenvalue weighted by Gasteiger charge is 2.08. The molecule has 0 aliphatic rings. The Labute approximate surface area is 122 Å². The highest BCUT2D eigenvalue weighted by Crippen LogP contribution is 2.22. The highest BCUT2D eigenvalue weighted by molar-refractivity contribution is 7.18. The second-order valence-electron chi connectivity index (χ2n) is 4.72. The molecule has 0 aliphatic carbocycles. The van der Waals surface area contributed by atoms with E-state index >= 15 is 0 Å². The summed E-state index contributed by atoms with van der Waals surface area (Å²) in [4.78, 5) is 16.1. The lowest BCUT2D eigenvalue weighted by Crippen LogP contribution is -2.13. The summed E-state index contributed by atoms with van der Waals surface area (Å²) in [6, 6.07) is 7.98. The Morgan fingerprint density at radius 3 is 2.85 bits per heavy atom. The topological polar surface area (TPSA) is 48.4 Å². The van der Waals surface area contributed by atoms with Gasteiger partial charge in [0.05, 0.1) is 34.4 Å². The molecule has 0 fully saturated rings. The predicted molar refractivity (Wildman–Crippen MR) is 80.0 cm³/mol. The number of carbonyl (C=O) groups excluding carboxylic acids is 1. The Morgan fingerprint density at radius 2 is 2.10 bits per heavy atom. The SMILES string of the molecule is CC(C)OCCOC(=O)CCc1nc2ccccc2s1. The number of thiazole rings is 1. The molecular formula is C15H19NO3S. The molecule has 0 unspecified atom stereocenters. The van der Waals surface area contributed by atoms with Crippen LogP contribution >= 0.6 is 11.3 Å². The Kier molecular flexibility index (Phi) is 5.49. The number of carbonyl (C=O) groups is 1. The van der Waals surface area contributed by atoms with E-state index in [0.717, 1.165) is 15.2 Å². The number of hydrogen-bond donors (Lipinski definition) is 0. The quantitative estimate of drug-likeness (QED) is 0.581. The maximum absolute atomic E-state index is 11.6. The number of esters is 1. The van der Waals surface area contributed by atoms with Gasteiger partial charge in [-0.3, -0.25) is 4.79 Å². The number of benzene rings is 1. The summed E-state index contributed by atoms with van der Waals surface area (Å²) in [6.45, 7) is 4.67. The van der Waals surface area contributed by atoms with Crippen LogP contribution in [0.1, 0.15) is 25.3 Å². The minimum atomic E-state index is -0.198. The van der Waals surface area contributed by atoms with E-state index in [1.165, 1.54) is 0 Å². The fourth-order valence-electron chi connectivity index (χ4n) is 1.75. The summed E-state index contributed by atoms with van der Waals surface area (Å²) in [5, 5.41) is 0.974. The van der Waals surface area contributed by atoms with Gasteiger partial charge in [0.1, 0.15) is 6.61 Å². The summed E-state index contributed by atoms with van der Waals surface area (Å²) in [5.41, 5.74) is 0.992. The number of fused-ring (bicyclic) bond motifs is 1. The number of para-hydroxylation sites is 1. The van der Waals surface area contributed by atoms with Crippen LogP contribution in [0.15, 0.2) is 24.3 Å². The Bertz CT molecular complexity index is 532. The van der Waals surface area contributed by atoms with Crippen LogP contribution in [-0.4, -0.2) is 30.3 Å². The van der Waals surface area contributed by atoms with Crippen molar-refractivity contribution in [3.63, 3.8) is 0 Å². The predicted octanol–water partition coefficient (Wildman–Crippen LogP) is 3.20. The molecule has 20 heavy (non-hydrogen) atoms. The first-order valence-corrected chi connectivity index (χ1v) is 7.58. The Morgan fingerprint density at radius 1 is 1.30 bits per heavy atom. The zero-order valence-corrected chi connectivity index (χ0v) is 12.6. The minimum absolute atomic E-state index is 0.163. The molecule has 2 aromatic rings. The summed E-state index contributed by atoms with van der Waals surface area (Å²) in [5.74, 6) is -0.198. The van der Waals surface area contributed by atoms with Crippen molar-refractivity contribution in [3.8, 4) is 0 Å². The summed E-state index contributed by atoms with van der Waals surface area (Å²) in [6.07, 6.45) is 1.15. The maximum Gasteiger partial charge on any atom is 0.306 e. The van der Waals surface area contributed by atoms with Crippen LogP contribution < -0.4 is 0 Å². The summed E-state index contributed by atoms with van der Waals surface area (Å²) in [7, 11) is 0. The number of ether oxygens (including phenoxy) is 2. The molecule has 0 amide bonds.